The van der Waals surface area contributed by atoms with Crippen LogP contribution in [0.1, 0.15) is 108 Å². The summed E-state index contributed by atoms with van der Waals surface area (Å²) in [6, 6.07) is 0. The molecule has 0 aliphatic carbocycles. The highest BCUT2D eigenvalue weighted by molar-refractivity contribution is 5.60. The highest BCUT2D eigenvalue weighted by Gasteiger charge is 2.43. The standard InChI is InChI=1S/C24H48O5/c1-11-14-15-24(10,13-3)28-17-16-23(9,12-2)22(7,8)29-20(25)27-18-19(4)21(5,6)26/h19,26H,11-18H2,1-10H3. The quantitative estimate of drug-likeness (QED) is 0.327. The fourth-order valence-corrected chi connectivity index (χ4v) is 3.09. The van der Waals surface area contributed by atoms with Crippen LogP contribution in [0.4, 0.5) is 4.79 Å². The van der Waals surface area contributed by atoms with Gasteiger partial charge in [0.15, 0.2) is 0 Å². The smallest absolute Gasteiger partial charge is 0.434 e. The number of carbonyl (C=O) groups is 1. The van der Waals surface area contributed by atoms with E-state index in [2.05, 4.69) is 34.6 Å². The first-order chi connectivity index (χ1) is 13.2. The Bertz CT molecular complexity index is 482. The first kappa shape index (κ1) is 28.2. The lowest BCUT2D eigenvalue weighted by Crippen LogP contribution is -2.46. The van der Waals surface area contributed by atoms with Crippen molar-refractivity contribution in [3.05, 3.63) is 0 Å². The van der Waals surface area contributed by atoms with Gasteiger partial charge in [0.05, 0.1) is 11.2 Å². The molecule has 0 spiro atoms. The zero-order chi connectivity index (χ0) is 22.9. The molecule has 5 nitrogen and oxygen atoms in total. The van der Waals surface area contributed by atoms with Crippen LogP contribution in [-0.2, 0) is 14.2 Å². The molecule has 0 rings (SSSR count). The second-order valence-corrected chi connectivity index (χ2v) is 10.1. The Balaban J connectivity index is 4.86. The summed E-state index contributed by atoms with van der Waals surface area (Å²) in [6.07, 6.45) is 5.35. The largest absolute Gasteiger partial charge is 0.508 e. The average molecular weight is 417 g/mol. The number of ether oxygens (including phenoxy) is 3. The van der Waals surface area contributed by atoms with Crippen molar-refractivity contribution >= 4 is 6.16 Å². The van der Waals surface area contributed by atoms with Gasteiger partial charge in [-0.2, -0.15) is 0 Å². The number of hydrogen-bond acceptors (Lipinski definition) is 5. The van der Waals surface area contributed by atoms with Crippen molar-refractivity contribution in [2.24, 2.45) is 11.3 Å². The van der Waals surface area contributed by atoms with Crippen molar-refractivity contribution < 1.29 is 24.1 Å². The van der Waals surface area contributed by atoms with Crippen molar-refractivity contribution in [3.63, 3.8) is 0 Å². The SMILES string of the molecule is CCCCC(C)(CC)OCCC(C)(CC)C(C)(C)OC(=O)OCC(C)C(C)(C)O. The summed E-state index contributed by atoms with van der Waals surface area (Å²) in [7, 11) is 0. The summed E-state index contributed by atoms with van der Waals surface area (Å²) >= 11 is 0. The van der Waals surface area contributed by atoms with Crippen molar-refractivity contribution in [2.75, 3.05) is 13.2 Å². The predicted molar refractivity (Wildman–Crippen MR) is 119 cm³/mol. The topological polar surface area (TPSA) is 65.0 Å². The number of unbranched alkanes of at least 4 members (excludes halogenated alkanes) is 1. The number of carbonyl (C=O) groups excluding carboxylic acids is 1. The molecule has 0 aromatic heterocycles. The monoisotopic (exact) mass is 416 g/mol. The van der Waals surface area contributed by atoms with Gasteiger partial charge in [-0.05, 0) is 60.3 Å². The molecule has 0 aliphatic rings. The number of aliphatic hydroxyl groups is 1. The lowest BCUT2D eigenvalue weighted by molar-refractivity contribution is -0.115. The van der Waals surface area contributed by atoms with Crippen LogP contribution in [0, 0.1) is 11.3 Å². The van der Waals surface area contributed by atoms with Gasteiger partial charge in [0.2, 0.25) is 0 Å². The van der Waals surface area contributed by atoms with E-state index in [4.69, 9.17) is 14.2 Å². The molecular weight excluding hydrogens is 368 g/mol. The van der Waals surface area contributed by atoms with Crippen molar-refractivity contribution in [3.8, 4) is 0 Å². The summed E-state index contributed by atoms with van der Waals surface area (Å²) in [4.78, 5) is 12.3. The molecule has 0 amide bonds. The van der Waals surface area contributed by atoms with Gasteiger partial charge in [0.1, 0.15) is 12.2 Å². The lowest BCUT2D eigenvalue weighted by Gasteiger charge is -2.43. The Morgan fingerprint density at radius 3 is 2.00 bits per heavy atom. The van der Waals surface area contributed by atoms with E-state index < -0.39 is 17.4 Å². The van der Waals surface area contributed by atoms with Crippen molar-refractivity contribution in [1.82, 2.24) is 0 Å². The second-order valence-electron chi connectivity index (χ2n) is 10.1. The van der Waals surface area contributed by atoms with Gasteiger partial charge < -0.3 is 19.3 Å². The van der Waals surface area contributed by atoms with Crippen LogP contribution in [0.3, 0.4) is 0 Å². The highest BCUT2D eigenvalue weighted by Crippen LogP contribution is 2.41. The maximum atomic E-state index is 12.3. The first-order valence-corrected chi connectivity index (χ1v) is 11.4. The normalized spacial score (nSPS) is 17.9. The van der Waals surface area contributed by atoms with Crippen LogP contribution >= 0.6 is 0 Å². The minimum absolute atomic E-state index is 0.0954. The van der Waals surface area contributed by atoms with Crippen LogP contribution in [0.15, 0.2) is 0 Å². The van der Waals surface area contributed by atoms with Crippen molar-refractivity contribution in [1.29, 1.82) is 0 Å². The molecule has 3 unspecified atom stereocenters. The Morgan fingerprint density at radius 2 is 1.55 bits per heavy atom. The number of hydrogen-bond donors (Lipinski definition) is 1. The van der Waals surface area contributed by atoms with Gasteiger partial charge >= 0.3 is 6.16 Å². The van der Waals surface area contributed by atoms with Crippen LogP contribution < -0.4 is 0 Å². The molecule has 5 heteroatoms. The zero-order valence-electron chi connectivity index (χ0n) is 20.8. The van der Waals surface area contributed by atoms with Gasteiger partial charge in [-0.3, -0.25) is 0 Å². The fourth-order valence-electron chi connectivity index (χ4n) is 3.09. The van der Waals surface area contributed by atoms with Crippen LogP contribution in [0.2, 0.25) is 0 Å². The Hall–Kier alpha value is -0.810. The fraction of sp³-hybridized carbons (Fsp3) is 0.958. The molecule has 1 N–H and O–H groups in total. The molecule has 0 bridgehead atoms. The maximum Gasteiger partial charge on any atom is 0.508 e. The van der Waals surface area contributed by atoms with Gasteiger partial charge in [-0.1, -0.05) is 47.5 Å². The molecule has 0 aromatic carbocycles. The third-order valence-electron chi connectivity index (χ3n) is 7.14. The van der Waals surface area contributed by atoms with E-state index in [-0.39, 0.29) is 23.5 Å². The summed E-state index contributed by atoms with van der Waals surface area (Å²) in [5.41, 5.74) is -1.95. The molecule has 29 heavy (non-hydrogen) atoms. The maximum absolute atomic E-state index is 12.3. The molecule has 0 radical (unpaired) electrons. The van der Waals surface area contributed by atoms with E-state index in [1.807, 2.05) is 20.8 Å². The summed E-state index contributed by atoms with van der Waals surface area (Å²) in [5, 5.41) is 9.99. The van der Waals surface area contributed by atoms with Gasteiger partial charge in [0.25, 0.3) is 0 Å². The zero-order valence-corrected chi connectivity index (χ0v) is 20.8. The van der Waals surface area contributed by atoms with E-state index in [9.17, 15) is 9.90 Å². The summed E-state index contributed by atoms with van der Waals surface area (Å²) in [5.74, 6) is -0.182. The molecule has 0 saturated heterocycles. The van der Waals surface area contributed by atoms with Gasteiger partial charge in [-0.25, -0.2) is 4.79 Å². The Kier molecular flexibility index (Phi) is 11.2. The molecule has 0 fully saturated rings. The molecule has 3 atom stereocenters. The first-order valence-electron chi connectivity index (χ1n) is 11.4. The van der Waals surface area contributed by atoms with E-state index in [1.165, 1.54) is 12.8 Å². The predicted octanol–water partition coefficient (Wildman–Crippen LogP) is 6.51. The summed E-state index contributed by atoms with van der Waals surface area (Å²) < 4.78 is 17.3. The van der Waals surface area contributed by atoms with Crippen LogP contribution in [-0.4, -0.2) is 41.3 Å². The minimum Gasteiger partial charge on any atom is -0.434 e. The third kappa shape index (κ3) is 9.25. The van der Waals surface area contributed by atoms with E-state index in [0.717, 1.165) is 25.7 Å². The van der Waals surface area contributed by atoms with Crippen LogP contribution in [0.25, 0.3) is 0 Å². The molecule has 174 valence electrons. The lowest BCUT2D eigenvalue weighted by atomic mass is 9.71. The molecular formula is C24H48O5. The second kappa shape index (κ2) is 11.5. The Morgan fingerprint density at radius 1 is 0.966 bits per heavy atom. The third-order valence-corrected chi connectivity index (χ3v) is 7.14. The molecule has 0 saturated carbocycles. The Labute approximate surface area is 179 Å². The van der Waals surface area contributed by atoms with Gasteiger partial charge in [-0.15, -0.1) is 0 Å². The van der Waals surface area contributed by atoms with E-state index >= 15 is 0 Å². The highest BCUT2D eigenvalue weighted by atomic mass is 16.7. The van der Waals surface area contributed by atoms with E-state index in [0.29, 0.717) is 6.61 Å². The number of rotatable bonds is 14. The molecule has 0 aromatic rings. The minimum atomic E-state index is -0.908. The van der Waals surface area contributed by atoms with E-state index in [1.54, 1.807) is 13.8 Å². The molecule has 0 aliphatic heterocycles. The van der Waals surface area contributed by atoms with Crippen LogP contribution in [0.5, 0.6) is 0 Å². The average Bonchev–Trinajstić information content (AvgIpc) is 2.62. The molecule has 0 heterocycles. The summed E-state index contributed by atoms with van der Waals surface area (Å²) in [6.45, 7) is 20.7. The van der Waals surface area contributed by atoms with Crippen molar-refractivity contribution in [2.45, 2.75) is 125 Å². The van der Waals surface area contributed by atoms with Gasteiger partial charge in [0, 0.05) is 17.9 Å².